The number of anilines is 1. The van der Waals surface area contributed by atoms with E-state index in [9.17, 15) is 13.2 Å². The molecule has 126 valence electrons. The van der Waals surface area contributed by atoms with E-state index in [1.807, 2.05) is 0 Å². The molecule has 0 spiro atoms. The van der Waals surface area contributed by atoms with Gasteiger partial charge in [0.05, 0.1) is 4.90 Å². The van der Waals surface area contributed by atoms with Gasteiger partial charge in [-0.15, -0.1) is 0 Å². The van der Waals surface area contributed by atoms with Gasteiger partial charge in [-0.1, -0.05) is 23.7 Å². The third kappa shape index (κ3) is 3.25. The first-order valence-corrected chi connectivity index (χ1v) is 9.43. The van der Waals surface area contributed by atoms with Crippen LogP contribution in [0, 0.1) is 6.92 Å². The van der Waals surface area contributed by atoms with E-state index in [1.54, 1.807) is 37.3 Å². The summed E-state index contributed by atoms with van der Waals surface area (Å²) in [5.74, 6) is -0.178. The van der Waals surface area contributed by atoms with Gasteiger partial charge in [0, 0.05) is 22.8 Å². The summed E-state index contributed by atoms with van der Waals surface area (Å²) in [7, 11) is -3.79. The minimum atomic E-state index is -3.79. The summed E-state index contributed by atoms with van der Waals surface area (Å²) in [5.41, 5.74) is 2.27. The Kier molecular flexibility index (Phi) is 4.51. The van der Waals surface area contributed by atoms with Crippen LogP contribution < -0.4 is 10.0 Å². The lowest BCUT2D eigenvalue weighted by molar-refractivity contribution is 0.0956. The fourth-order valence-electron chi connectivity index (χ4n) is 2.73. The number of carbonyl (C=O) groups is 1. The lowest BCUT2D eigenvalue weighted by atomic mass is 10.0. The van der Waals surface area contributed by atoms with Crippen LogP contribution in [-0.2, 0) is 16.4 Å². The number of rotatable bonds is 3. The molecular weight excluding hydrogens is 348 g/mol. The van der Waals surface area contributed by atoms with Gasteiger partial charge < -0.3 is 5.32 Å². The monoisotopic (exact) mass is 364 g/mol. The standard InChI is InChI=1S/C17H17ClN2O3S/c1-11-15(18)5-2-6-16(11)24(22,23)20-13-8-7-12-4-3-9-19-17(21)14(12)10-13/h2,5-8,10,20H,3-4,9H2,1H3,(H,19,21). The smallest absolute Gasteiger partial charge is 0.262 e. The molecule has 0 fully saturated rings. The molecular formula is C17H17ClN2O3S. The van der Waals surface area contributed by atoms with Crippen LogP contribution in [0.4, 0.5) is 5.69 Å². The third-order valence-electron chi connectivity index (χ3n) is 4.02. The zero-order chi connectivity index (χ0) is 17.3. The van der Waals surface area contributed by atoms with Crippen LogP contribution in [0.15, 0.2) is 41.3 Å². The van der Waals surface area contributed by atoms with E-state index in [4.69, 9.17) is 11.6 Å². The van der Waals surface area contributed by atoms with E-state index in [-0.39, 0.29) is 10.8 Å². The van der Waals surface area contributed by atoms with Crippen LogP contribution in [0.1, 0.15) is 27.9 Å². The number of hydrogen-bond donors (Lipinski definition) is 2. The van der Waals surface area contributed by atoms with Crippen molar-refractivity contribution in [3.63, 3.8) is 0 Å². The normalized spacial score (nSPS) is 14.5. The summed E-state index contributed by atoms with van der Waals surface area (Å²) in [6.07, 6.45) is 1.65. The van der Waals surface area contributed by atoms with Crippen molar-refractivity contribution in [2.45, 2.75) is 24.7 Å². The maximum absolute atomic E-state index is 12.6. The zero-order valence-corrected chi connectivity index (χ0v) is 14.7. The number of fused-ring (bicyclic) bond motifs is 1. The molecule has 2 aromatic carbocycles. The van der Waals surface area contributed by atoms with E-state index in [0.717, 1.165) is 18.4 Å². The number of carbonyl (C=O) groups excluding carboxylic acids is 1. The van der Waals surface area contributed by atoms with Crippen molar-refractivity contribution in [3.8, 4) is 0 Å². The van der Waals surface area contributed by atoms with E-state index < -0.39 is 10.0 Å². The summed E-state index contributed by atoms with van der Waals surface area (Å²) in [5, 5.41) is 3.19. The maximum atomic E-state index is 12.6. The van der Waals surface area contributed by atoms with Gasteiger partial charge in [-0.05, 0) is 55.2 Å². The molecule has 7 heteroatoms. The SMILES string of the molecule is Cc1c(Cl)cccc1S(=O)(=O)Nc1ccc2c(c1)C(=O)NCCC2. The molecule has 0 saturated heterocycles. The van der Waals surface area contributed by atoms with Crippen molar-refractivity contribution >= 4 is 33.2 Å². The average Bonchev–Trinajstić information content (AvgIpc) is 2.71. The molecule has 1 aliphatic rings. The fourth-order valence-corrected chi connectivity index (χ4v) is 4.28. The molecule has 0 bridgehead atoms. The molecule has 0 atom stereocenters. The van der Waals surface area contributed by atoms with Gasteiger partial charge in [-0.3, -0.25) is 9.52 Å². The van der Waals surface area contributed by atoms with Crippen LogP contribution in [0.25, 0.3) is 0 Å². The molecule has 1 aliphatic heterocycles. The number of halogens is 1. The van der Waals surface area contributed by atoms with E-state index in [1.165, 1.54) is 6.07 Å². The number of hydrogen-bond acceptors (Lipinski definition) is 3. The maximum Gasteiger partial charge on any atom is 0.262 e. The summed E-state index contributed by atoms with van der Waals surface area (Å²) in [4.78, 5) is 12.2. The molecule has 2 N–H and O–H groups in total. The Morgan fingerprint density at radius 3 is 2.79 bits per heavy atom. The van der Waals surface area contributed by atoms with Gasteiger partial charge >= 0.3 is 0 Å². The van der Waals surface area contributed by atoms with E-state index in [2.05, 4.69) is 10.0 Å². The van der Waals surface area contributed by atoms with Gasteiger partial charge in [0.25, 0.3) is 15.9 Å². The second-order valence-electron chi connectivity index (χ2n) is 5.70. The Bertz CT molecular complexity index is 910. The molecule has 0 aromatic heterocycles. The zero-order valence-electron chi connectivity index (χ0n) is 13.1. The van der Waals surface area contributed by atoms with E-state index in [0.29, 0.717) is 28.4 Å². The Balaban J connectivity index is 1.96. The second-order valence-corrected chi connectivity index (χ2v) is 7.76. The number of aryl methyl sites for hydroxylation is 1. The topological polar surface area (TPSA) is 75.3 Å². The summed E-state index contributed by atoms with van der Waals surface area (Å²) in [6.45, 7) is 2.28. The van der Waals surface area contributed by atoms with Crippen LogP contribution in [0.5, 0.6) is 0 Å². The van der Waals surface area contributed by atoms with Crippen LogP contribution in [0.3, 0.4) is 0 Å². The Morgan fingerprint density at radius 1 is 1.21 bits per heavy atom. The summed E-state index contributed by atoms with van der Waals surface area (Å²) < 4.78 is 27.8. The van der Waals surface area contributed by atoms with Crippen molar-refractivity contribution in [3.05, 3.63) is 58.1 Å². The largest absolute Gasteiger partial charge is 0.352 e. The molecule has 0 radical (unpaired) electrons. The van der Waals surface area contributed by atoms with Crippen molar-refractivity contribution in [1.29, 1.82) is 0 Å². The Morgan fingerprint density at radius 2 is 2.00 bits per heavy atom. The molecule has 1 heterocycles. The highest BCUT2D eigenvalue weighted by Gasteiger charge is 2.20. The quantitative estimate of drug-likeness (QED) is 0.878. The lowest BCUT2D eigenvalue weighted by Crippen LogP contribution is -2.23. The number of sulfonamides is 1. The van der Waals surface area contributed by atoms with Crippen molar-refractivity contribution in [1.82, 2.24) is 5.32 Å². The molecule has 2 aromatic rings. The minimum absolute atomic E-state index is 0.120. The molecule has 0 saturated carbocycles. The van der Waals surface area contributed by atoms with Crippen molar-refractivity contribution in [2.75, 3.05) is 11.3 Å². The number of nitrogens with one attached hydrogen (secondary N) is 2. The van der Waals surface area contributed by atoms with E-state index >= 15 is 0 Å². The highest BCUT2D eigenvalue weighted by atomic mass is 35.5. The number of benzene rings is 2. The average molecular weight is 365 g/mol. The molecule has 24 heavy (non-hydrogen) atoms. The highest BCUT2D eigenvalue weighted by molar-refractivity contribution is 7.92. The van der Waals surface area contributed by atoms with Gasteiger partial charge in [-0.2, -0.15) is 0 Å². The molecule has 0 aliphatic carbocycles. The lowest BCUT2D eigenvalue weighted by Gasteiger charge is -2.13. The highest BCUT2D eigenvalue weighted by Crippen LogP contribution is 2.26. The molecule has 5 nitrogen and oxygen atoms in total. The Labute approximate surface area is 146 Å². The van der Waals surface area contributed by atoms with Crippen LogP contribution >= 0.6 is 11.6 Å². The van der Waals surface area contributed by atoms with Crippen LogP contribution in [-0.4, -0.2) is 20.9 Å². The first-order valence-electron chi connectivity index (χ1n) is 7.57. The van der Waals surface area contributed by atoms with Gasteiger partial charge in [0.1, 0.15) is 0 Å². The minimum Gasteiger partial charge on any atom is -0.352 e. The predicted molar refractivity (Wildman–Crippen MR) is 94.1 cm³/mol. The molecule has 3 rings (SSSR count). The number of amides is 1. The van der Waals surface area contributed by atoms with Gasteiger partial charge in [0.2, 0.25) is 0 Å². The molecule has 1 amide bonds. The first-order chi connectivity index (χ1) is 11.4. The predicted octanol–water partition coefficient (Wildman–Crippen LogP) is 3.13. The first kappa shape index (κ1) is 16.8. The Hall–Kier alpha value is -2.05. The fraction of sp³-hybridized carbons (Fsp3) is 0.235. The third-order valence-corrected chi connectivity index (χ3v) is 5.96. The van der Waals surface area contributed by atoms with Crippen LogP contribution in [0.2, 0.25) is 5.02 Å². The van der Waals surface area contributed by atoms with Crippen molar-refractivity contribution in [2.24, 2.45) is 0 Å². The molecule has 0 unspecified atom stereocenters. The summed E-state index contributed by atoms with van der Waals surface area (Å²) >= 11 is 6.01. The van der Waals surface area contributed by atoms with Gasteiger partial charge in [0.15, 0.2) is 0 Å². The van der Waals surface area contributed by atoms with Gasteiger partial charge in [-0.25, -0.2) is 8.42 Å². The summed E-state index contributed by atoms with van der Waals surface area (Å²) in [6, 6.07) is 9.78. The van der Waals surface area contributed by atoms with Crippen molar-refractivity contribution < 1.29 is 13.2 Å². The second kappa shape index (κ2) is 6.45.